The average molecular weight is 222 g/mol. The van der Waals surface area contributed by atoms with Gasteiger partial charge in [-0.25, -0.2) is 0 Å². The standard InChI is InChI=1S/C13H23BO2/c1-11(2)12(3,4)16-14(15-11)10-6-7-13(5)8-9-13/h6,10H,7-9H2,1-5H3. The minimum Gasteiger partial charge on any atom is -0.400 e. The molecule has 0 radical (unpaired) electrons. The molecule has 1 saturated heterocycles. The van der Waals surface area contributed by atoms with E-state index in [1.165, 1.54) is 12.8 Å². The predicted molar refractivity (Wildman–Crippen MR) is 67.2 cm³/mol. The molecule has 0 bridgehead atoms. The van der Waals surface area contributed by atoms with E-state index in [9.17, 15) is 0 Å². The van der Waals surface area contributed by atoms with E-state index in [2.05, 4.69) is 46.7 Å². The summed E-state index contributed by atoms with van der Waals surface area (Å²) >= 11 is 0. The molecule has 0 amide bonds. The maximum atomic E-state index is 5.89. The Bertz CT molecular complexity index is 287. The predicted octanol–water partition coefficient (Wildman–Crippen LogP) is 3.36. The Morgan fingerprint density at radius 1 is 1.00 bits per heavy atom. The van der Waals surface area contributed by atoms with Gasteiger partial charge in [-0.2, -0.15) is 0 Å². The van der Waals surface area contributed by atoms with Gasteiger partial charge in [-0.1, -0.05) is 19.0 Å². The van der Waals surface area contributed by atoms with Crippen molar-refractivity contribution in [2.45, 2.75) is 65.1 Å². The lowest BCUT2D eigenvalue weighted by Gasteiger charge is -2.32. The average Bonchev–Trinajstić information content (AvgIpc) is 2.76. The van der Waals surface area contributed by atoms with E-state index in [0.717, 1.165) is 6.42 Å². The number of hydrogen-bond donors (Lipinski definition) is 0. The van der Waals surface area contributed by atoms with Crippen molar-refractivity contribution in [1.29, 1.82) is 0 Å². The van der Waals surface area contributed by atoms with Crippen LogP contribution < -0.4 is 0 Å². The van der Waals surface area contributed by atoms with Crippen LogP contribution in [-0.4, -0.2) is 18.3 Å². The van der Waals surface area contributed by atoms with Gasteiger partial charge < -0.3 is 9.31 Å². The van der Waals surface area contributed by atoms with Gasteiger partial charge in [-0.05, 0) is 52.4 Å². The lowest BCUT2D eigenvalue weighted by atomic mass is 9.88. The Labute approximate surface area is 99.5 Å². The minimum atomic E-state index is -0.217. The second-order valence-corrected chi connectivity index (χ2v) is 6.57. The largest absolute Gasteiger partial charge is 0.486 e. The van der Waals surface area contributed by atoms with Crippen LogP contribution in [0.1, 0.15) is 53.9 Å². The Hall–Kier alpha value is -0.275. The van der Waals surface area contributed by atoms with Crippen molar-refractivity contribution >= 4 is 7.12 Å². The normalized spacial score (nSPS) is 29.9. The van der Waals surface area contributed by atoms with Crippen LogP contribution in [0.2, 0.25) is 0 Å². The molecule has 0 spiro atoms. The van der Waals surface area contributed by atoms with Gasteiger partial charge in [0.25, 0.3) is 0 Å². The minimum absolute atomic E-state index is 0.174. The SMILES string of the molecule is CC1(CC=CB2OC(C)(C)C(C)(C)O2)CC1. The van der Waals surface area contributed by atoms with Gasteiger partial charge in [-0.3, -0.25) is 0 Å². The Morgan fingerprint density at radius 2 is 1.50 bits per heavy atom. The number of hydrogen-bond acceptors (Lipinski definition) is 2. The summed E-state index contributed by atoms with van der Waals surface area (Å²) in [5, 5.41) is 0. The van der Waals surface area contributed by atoms with Gasteiger partial charge in [0.05, 0.1) is 11.2 Å². The molecule has 2 rings (SSSR count). The number of allylic oxidation sites excluding steroid dienone is 1. The summed E-state index contributed by atoms with van der Waals surface area (Å²) in [6.07, 6.45) is 6.09. The molecule has 0 aromatic rings. The smallest absolute Gasteiger partial charge is 0.400 e. The fourth-order valence-corrected chi connectivity index (χ4v) is 1.85. The highest BCUT2D eigenvalue weighted by Crippen LogP contribution is 2.48. The lowest BCUT2D eigenvalue weighted by molar-refractivity contribution is 0.00578. The first kappa shape index (κ1) is 12.2. The van der Waals surface area contributed by atoms with Crippen molar-refractivity contribution in [1.82, 2.24) is 0 Å². The fourth-order valence-electron chi connectivity index (χ4n) is 1.85. The van der Waals surface area contributed by atoms with Gasteiger partial charge in [-0.15, -0.1) is 0 Å². The van der Waals surface area contributed by atoms with E-state index < -0.39 is 0 Å². The highest BCUT2D eigenvalue weighted by molar-refractivity contribution is 6.51. The van der Waals surface area contributed by atoms with Gasteiger partial charge >= 0.3 is 7.12 Å². The van der Waals surface area contributed by atoms with E-state index in [1.807, 2.05) is 0 Å². The van der Waals surface area contributed by atoms with Crippen LogP contribution in [0.25, 0.3) is 0 Å². The third-order valence-corrected chi connectivity index (χ3v) is 4.28. The first-order valence-corrected chi connectivity index (χ1v) is 6.27. The van der Waals surface area contributed by atoms with Crippen molar-refractivity contribution in [3.8, 4) is 0 Å². The zero-order valence-electron chi connectivity index (χ0n) is 11.2. The van der Waals surface area contributed by atoms with E-state index in [4.69, 9.17) is 9.31 Å². The molecule has 16 heavy (non-hydrogen) atoms. The summed E-state index contributed by atoms with van der Waals surface area (Å²) in [4.78, 5) is 0. The van der Waals surface area contributed by atoms with Crippen molar-refractivity contribution in [3.05, 3.63) is 12.1 Å². The van der Waals surface area contributed by atoms with Gasteiger partial charge in [0.1, 0.15) is 0 Å². The molecule has 2 nitrogen and oxygen atoms in total. The molecular weight excluding hydrogens is 199 g/mol. The third kappa shape index (κ3) is 2.35. The molecule has 3 heteroatoms. The highest BCUT2D eigenvalue weighted by Gasteiger charge is 2.50. The van der Waals surface area contributed by atoms with Gasteiger partial charge in [0, 0.05) is 0 Å². The summed E-state index contributed by atoms with van der Waals surface area (Å²) < 4.78 is 11.8. The molecule has 90 valence electrons. The zero-order valence-corrected chi connectivity index (χ0v) is 11.2. The fraction of sp³-hybridized carbons (Fsp3) is 0.846. The summed E-state index contributed by atoms with van der Waals surface area (Å²) in [7, 11) is -0.174. The Balaban J connectivity index is 1.88. The molecule has 1 aliphatic heterocycles. The molecule has 0 aromatic carbocycles. The molecule has 1 aliphatic carbocycles. The monoisotopic (exact) mass is 222 g/mol. The summed E-state index contributed by atoms with van der Waals surface area (Å²) in [6, 6.07) is 0. The van der Waals surface area contributed by atoms with Crippen molar-refractivity contribution < 1.29 is 9.31 Å². The summed E-state index contributed by atoms with van der Waals surface area (Å²) in [6.45, 7) is 10.7. The quantitative estimate of drug-likeness (QED) is 0.681. The maximum absolute atomic E-state index is 5.89. The van der Waals surface area contributed by atoms with Crippen LogP contribution in [-0.2, 0) is 9.31 Å². The van der Waals surface area contributed by atoms with Gasteiger partial charge in [0.15, 0.2) is 0 Å². The molecule has 0 atom stereocenters. The topological polar surface area (TPSA) is 18.5 Å². The van der Waals surface area contributed by atoms with Crippen molar-refractivity contribution in [2.75, 3.05) is 0 Å². The molecular formula is C13H23BO2. The van der Waals surface area contributed by atoms with E-state index in [-0.39, 0.29) is 18.3 Å². The molecule has 0 aromatic heterocycles. The highest BCUT2D eigenvalue weighted by atomic mass is 16.7. The maximum Gasteiger partial charge on any atom is 0.486 e. The Kier molecular flexibility index (Phi) is 2.75. The van der Waals surface area contributed by atoms with Crippen molar-refractivity contribution in [3.63, 3.8) is 0 Å². The second kappa shape index (κ2) is 3.61. The van der Waals surface area contributed by atoms with E-state index in [1.54, 1.807) is 0 Å². The molecule has 0 N–H and O–H groups in total. The number of rotatable bonds is 3. The lowest BCUT2D eigenvalue weighted by Crippen LogP contribution is -2.41. The van der Waals surface area contributed by atoms with Crippen LogP contribution in [0.15, 0.2) is 12.1 Å². The first-order chi connectivity index (χ1) is 7.24. The van der Waals surface area contributed by atoms with E-state index >= 15 is 0 Å². The first-order valence-electron chi connectivity index (χ1n) is 6.27. The molecule has 1 heterocycles. The van der Waals surface area contributed by atoms with Crippen LogP contribution in [0.5, 0.6) is 0 Å². The van der Waals surface area contributed by atoms with Crippen molar-refractivity contribution in [2.24, 2.45) is 5.41 Å². The van der Waals surface area contributed by atoms with Crippen LogP contribution in [0, 0.1) is 5.41 Å². The van der Waals surface area contributed by atoms with Crippen LogP contribution in [0.3, 0.4) is 0 Å². The van der Waals surface area contributed by atoms with Crippen LogP contribution in [0.4, 0.5) is 0 Å². The van der Waals surface area contributed by atoms with Gasteiger partial charge in [0.2, 0.25) is 0 Å². The Morgan fingerprint density at radius 3 is 1.94 bits per heavy atom. The van der Waals surface area contributed by atoms with E-state index in [0.29, 0.717) is 5.41 Å². The second-order valence-electron chi connectivity index (χ2n) is 6.57. The third-order valence-electron chi connectivity index (χ3n) is 4.28. The molecule has 1 saturated carbocycles. The molecule has 2 aliphatic rings. The van der Waals surface area contributed by atoms with Crippen LogP contribution >= 0.6 is 0 Å². The summed E-state index contributed by atoms with van der Waals surface area (Å²) in [5.74, 6) is 2.07. The molecule has 0 unspecified atom stereocenters. The zero-order chi connectivity index (χ0) is 12.0. The summed E-state index contributed by atoms with van der Waals surface area (Å²) in [5.41, 5.74) is 0.136. The molecule has 2 fully saturated rings.